The van der Waals surface area contributed by atoms with Gasteiger partial charge in [-0.15, -0.1) is 0 Å². The van der Waals surface area contributed by atoms with E-state index >= 15 is 0 Å². The Morgan fingerprint density at radius 3 is 3.06 bits per heavy atom. The quantitative estimate of drug-likeness (QED) is 0.782. The maximum absolute atomic E-state index is 10.9. The Bertz CT molecular complexity index is 491. The van der Waals surface area contributed by atoms with Gasteiger partial charge in [-0.2, -0.15) is 0 Å². The normalized spacial score (nSPS) is 22.2. The van der Waals surface area contributed by atoms with E-state index in [1.807, 2.05) is 6.07 Å². The van der Waals surface area contributed by atoms with E-state index in [0.717, 1.165) is 24.1 Å². The molecule has 1 N–H and O–H groups in total. The van der Waals surface area contributed by atoms with Gasteiger partial charge in [-0.1, -0.05) is 6.42 Å². The van der Waals surface area contributed by atoms with Crippen molar-refractivity contribution in [3.8, 4) is 0 Å². The molecule has 1 aliphatic carbocycles. The Balaban J connectivity index is 2.05. The zero-order chi connectivity index (χ0) is 11.1. The molecule has 1 atom stereocenters. The van der Waals surface area contributed by atoms with Gasteiger partial charge >= 0.3 is 5.97 Å². The summed E-state index contributed by atoms with van der Waals surface area (Å²) in [6.45, 7) is 0. The molecule has 1 fully saturated rings. The van der Waals surface area contributed by atoms with Crippen molar-refractivity contribution in [1.29, 1.82) is 0 Å². The van der Waals surface area contributed by atoms with Gasteiger partial charge in [0.05, 0.1) is 11.3 Å². The minimum Gasteiger partial charge on any atom is -0.478 e. The zero-order valence-electron chi connectivity index (χ0n) is 8.94. The number of carboxylic acids is 1. The van der Waals surface area contributed by atoms with Gasteiger partial charge in [-0.05, 0) is 43.0 Å². The van der Waals surface area contributed by atoms with Crippen LogP contribution in [0.5, 0.6) is 0 Å². The Morgan fingerprint density at radius 1 is 1.38 bits per heavy atom. The molecule has 3 heteroatoms. The monoisotopic (exact) mass is 215 g/mol. The summed E-state index contributed by atoms with van der Waals surface area (Å²) < 4.78 is 0. The van der Waals surface area contributed by atoms with Crippen LogP contribution in [0, 0.1) is 0 Å². The maximum Gasteiger partial charge on any atom is 0.335 e. The van der Waals surface area contributed by atoms with Crippen LogP contribution in [0.4, 0.5) is 5.69 Å². The fourth-order valence-electron chi connectivity index (χ4n) is 2.69. The number of aliphatic imine (C=N–C) groups is 1. The highest BCUT2D eigenvalue weighted by molar-refractivity contribution is 5.99. The van der Waals surface area contributed by atoms with E-state index < -0.39 is 5.97 Å². The largest absolute Gasteiger partial charge is 0.478 e. The Labute approximate surface area is 93.8 Å². The number of rotatable bonds is 1. The summed E-state index contributed by atoms with van der Waals surface area (Å²) in [7, 11) is 0. The number of aromatic carboxylic acids is 1. The van der Waals surface area contributed by atoms with Crippen LogP contribution in [-0.2, 0) is 0 Å². The summed E-state index contributed by atoms with van der Waals surface area (Å²) in [5, 5.41) is 8.97. The van der Waals surface area contributed by atoms with Gasteiger partial charge in [0.2, 0.25) is 0 Å². The van der Waals surface area contributed by atoms with Crippen molar-refractivity contribution in [3.63, 3.8) is 0 Å². The molecule has 0 aromatic heterocycles. The van der Waals surface area contributed by atoms with E-state index in [2.05, 4.69) is 4.99 Å². The Hall–Kier alpha value is -1.64. The molecule has 0 radical (unpaired) electrons. The third kappa shape index (κ3) is 1.35. The highest BCUT2D eigenvalue weighted by Gasteiger charge is 2.29. The summed E-state index contributed by atoms with van der Waals surface area (Å²) in [5.41, 5.74) is 3.73. The number of carboxylic acid groups (broad SMARTS) is 1. The second-order valence-corrected chi connectivity index (χ2v) is 4.48. The first-order valence-corrected chi connectivity index (χ1v) is 5.70. The molecule has 1 unspecified atom stereocenters. The molecular formula is C13H13NO2. The first-order valence-electron chi connectivity index (χ1n) is 5.70. The standard InChI is InChI=1S/C13H13NO2/c15-13(16)8-5-6-12-10(7-8)9-3-1-2-4-11(9)14-12/h5-7,9H,1-4H2,(H,15,16). The van der Waals surface area contributed by atoms with Crippen LogP contribution in [0.2, 0.25) is 0 Å². The van der Waals surface area contributed by atoms with Crippen LogP contribution >= 0.6 is 0 Å². The van der Waals surface area contributed by atoms with E-state index in [1.165, 1.54) is 18.6 Å². The van der Waals surface area contributed by atoms with Crippen LogP contribution in [0.1, 0.15) is 47.5 Å². The van der Waals surface area contributed by atoms with Crippen molar-refractivity contribution in [2.24, 2.45) is 4.99 Å². The molecular weight excluding hydrogens is 202 g/mol. The fourth-order valence-corrected chi connectivity index (χ4v) is 2.69. The van der Waals surface area contributed by atoms with Crippen LogP contribution in [-0.4, -0.2) is 16.8 Å². The van der Waals surface area contributed by atoms with Crippen molar-refractivity contribution in [3.05, 3.63) is 29.3 Å². The average molecular weight is 215 g/mol. The van der Waals surface area contributed by atoms with Crippen LogP contribution in [0.15, 0.2) is 23.2 Å². The lowest BCUT2D eigenvalue weighted by Crippen LogP contribution is -2.13. The van der Waals surface area contributed by atoms with Crippen molar-refractivity contribution < 1.29 is 9.90 Å². The van der Waals surface area contributed by atoms with Crippen molar-refractivity contribution in [2.75, 3.05) is 0 Å². The van der Waals surface area contributed by atoms with E-state index in [0.29, 0.717) is 11.5 Å². The SMILES string of the molecule is O=C(O)c1ccc2c(c1)C1CCCCC1=N2. The third-order valence-electron chi connectivity index (χ3n) is 3.49. The molecule has 1 heterocycles. The van der Waals surface area contributed by atoms with E-state index in [9.17, 15) is 4.79 Å². The molecule has 1 aliphatic heterocycles. The number of benzene rings is 1. The molecule has 3 nitrogen and oxygen atoms in total. The molecule has 0 bridgehead atoms. The summed E-state index contributed by atoms with van der Waals surface area (Å²) in [6.07, 6.45) is 4.63. The number of carbonyl (C=O) groups is 1. The van der Waals surface area contributed by atoms with Crippen LogP contribution in [0.3, 0.4) is 0 Å². The average Bonchev–Trinajstić information content (AvgIpc) is 2.66. The van der Waals surface area contributed by atoms with Gasteiger partial charge in [0.25, 0.3) is 0 Å². The number of fused-ring (bicyclic) bond motifs is 3. The van der Waals surface area contributed by atoms with Crippen molar-refractivity contribution in [1.82, 2.24) is 0 Å². The van der Waals surface area contributed by atoms with Crippen molar-refractivity contribution in [2.45, 2.75) is 31.6 Å². The second-order valence-electron chi connectivity index (χ2n) is 4.48. The van der Waals surface area contributed by atoms with Gasteiger partial charge in [-0.25, -0.2) is 4.79 Å². The molecule has 1 aromatic carbocycles. The van der Waals surface area contributed by atoms with Gasteiger partial charge in [0, 0.05) is 11.6 Å². The number of hydrogen-bond donors (Lipinski definition) is 1. The summed E-state index contributed by atoms with van der Waals surface area (Å²) >= 11 is 0. The van der Waals surface area contributed by atoms with Gasteiger partial charge in [0.1, 0.15) is 0 Å². The molecule has 16 heavy (non-hydrogen) atoms. The number of hydrogen-bond acceptors (Lipinski definition) is 2. The van der Waals surface area contributed by atoms with Gasteiger partial charge in [-0.3, -0.25) is 4.99 Å². The predicted molar refractivity (Wildman–Crippen MR) is 61.7 cm³/mol. The van der Waals surface area contributed by atoms with E-state index in [1.54, 1.807) is 12.1 Å². The summed E-state index contributed by atoms with van der Waals surface area (Å²) in [6, 6.07) is 5.27. The first-order chi connectivity index (χ1) is 7.75. The van der Waals surface area contributed by atoms with Gasteiger partial charge < -0.3 is 5.11 Å². The highest BCUT2D eigenvalue weighted by Crippen LogP contribution is 2.42. The van der Waals surface area contributed by atoms with Gasteiger partial charge in [0.15, 0.2) is 0 Å². The van der Waals surface area contributed by atoms with Crippen molar-refractivity contribution >= 4 is 17.4 Å². The molecule has 82 valence electrons. The molecule has 0 amide bonds. The molecule has 2 aliphatic rings. The molecule has 3 rings (SSSR count). The predicted octanol–water partition coefficient (Wildman–Crippen LogP) is 3.13. The minimum atomic E-state index is -0.855. The van der Waals surface area contributed by atoms with E-state index in [4.69, 9.17) is 5.11 Å². The molecule has 0 spiro atoms. The zero-order valence-corrected chi connectivity index (χ0v) is 8.94. The third-order valence-corrected chi connectivity index (χ3v) is 3.49. The summed E-state index contributed by atoms with van der Waals surface area (Å²) in [5.74, 6) is -0.463. The smallest absolute Gasteiger partial charge is 0.335 e. The Kier molecular flexibility index (Phi) is 2.06. The highest BCUT2D eigenvalue weighted by atomic mass is 16.4. The van der Waals surface area contributed by atoms with E-state index in [-0.39, 0.29) is 0 Å². The maximum atomic E-state index is 10.9. The fraction of sp³-hybridized carbons (Fsp3) is 0.385. The lowest BCUT2D eigenvalue weighted by molar-refractivity contribution is 0.0697. The molecule has 0 saturated heterocycles. The molecule has 1 saturated carbocycles. The topological polar surface area (TPSA) is 49.7 Å². The minimum absolute atomic E-state index is 0.376. The first kappa shape index (κ1) is 9.58. The lowest BCUT2D eigenvalue weighted by Gasteiger charge is -2.19. The second kappa shape index (κ2) is 3.44. The Morgan fingerprint density at radius 2 is 2.25 bits per heavy atom. The molecule has 1 aromatic rings. The number of nitrogens with zero attached hydrogens (tertiary/aromatic N) is 1. The lowest BCUT2D eigenvalue weighted by atomic mass is 9.83. The van der Waals surface area contributed by atoms with Crippen LogP contribution < -0.4 is 0 Å². The summed E-state index contributed by atoms with van der Waals surface area (Å²) in [4.78, 5) is 15.5. The van der Waals surface area contributed by atoms with Crippen LogP contribution in [0.25, 0.3) is 0 Å².